The molecule has 0 aromatic heterocycles. The summed E-state index contributed by atoms with van der Waals surface area (Å²) in [4.78, 5) is 28.2. The molecule has 0 unspecified atom stereocenters. The van der Waals surface area contributed by atoms with Crippen LogP contribution in [0.1, 0.15) is 40.2 Å². The molecule has 1 atom stereocenters. The molecule has 0 aliphatic carbocycles. The summed E-state index contributed by atoms with van der Waals surface area (Å²) >= 11 is 0. The molecule has 3 rings (SSSR count). The predicted octanol–water partition coefficient (Wildman–Crippen LogP) is 4.75. The lowest BCUT2D eigenvalue weighted by Gasteiger charge is -2.33. The van der Waals surface area contributed by atoms with Crippen molar-refractivity contribution in [2.75, 3.05) is 17.5 Å². The first-order valence-electron chi connectivity index (χ1n) is 13.0. The van der Waals surface area contributed by atoms with E-state index in [-0.39, 0.29) is 23.0 Å². The molecule has 3 aromatic rings. The Morgan fingerprint density at radius 2 is 1.55 bits per heavy atom. The highest BCUT2D eigenvalue weighted by molar-refractivity contribution is 7.92. The molecule has 0 radical (unpaired) electrons. The van der Waals surface area contributed by atoms with E-state index in [9.17, 15) is 22.4 Å². The summed E-state index contributed by atoms with van der Waals surface area (Å²) in [5, 5.41) is 2.89. The maximum Gasteiger partial charge on any atom is 0.264 e. The van der Waals surface area contributed by atoms with Crippen LogP contribution in [0.3, 0.4) is 0 Å². The predicted molar refractivity (Wildman–Crippen MR) is 153 cm³/mol. The molecule has 0 saturated heterocycles. The van der Waals surface area contributed by atoms with Crippen LogP contribution in [-0.4, -0.2) is 49.9 Å². The molecule has 0 fully saturated rings. The molecule has 2 amide bonds. The van der Waals surface area contributed by atoms with Gasteiger partial charge in [-0.05, 0) is 88.7 Å². The van der Waals surface area contributed by atoms with Gasteiger partial charge in [0.25, 0.3) is 10.0 Å². The number of sulfonamides is 1. The number of halogens is 1. The van der Waals surface area contributed by atoms with Crippen molar-refractivity contribution >= 4 is 27.5 Å². The quantitative estimate of drug-likeness (QED) is 0.360. The van der Waals surface area contributed by atoms with Crippen molar-refractivity contribution in [3.8, 4) is 5.75 Å². The van der Waals surface area contributed by atoms with Crippen LogP contribution in [0.2, 0.25) is 0 Å². The maximum absolute atomic E-state index is 13.9. The van der Waals surface area contributed by atoms with E-state index in [0.717, 1.165) is 34.1 Å². The first kappa shape index (κ1) is 30.6. The van der Waals surface area contributed by atoms with Crippen molar-refractivity contribution in [2.24, 2.45) is 0 Å². The Hall–Kier alpha value is -3.92. The summed E-state index contributed by atoms with van der Waals surface area (Å²) in [5.41, 5.74) is 0.459. The number of ether oxygens (including phenoxy) is 1. The van der Waals surface area contributed by atoms with E-state index >= 15 is 0 Å². The van der Waals surface area contributed by atoms with Gasteiger partial charge in [-0.25, -0.2) is 12.8 Å². The first-order valence-corrected chi connectivity index (χ1v) is 14.4. The molecule has 0 heterocycles. The van der Waals surface area contributed by atoms with Crippen LogP contribution in [0.15, 0.2) is 83.8 Å². The number of nitrogens with one attached hydrogen (secondary N) is 1. The zero-order valence-corrected chi connectivity index (χ0v) is 24.2. The molecule has 0 bridgehead atoms. The van der Waals surface area contributed by atoms with E-state index in [2.05, 4.69) is 5.32 Å². The SMILES string of the molecule is CCOc1ccc(N(CC(=O)N(Cc2ccccc2)[C@@H](C)C(=O)NC(C)(C)C)S(=O)(=O)c2ccc(F)cc2)cc1. The smallest absolute Gasteiger partial charge is 0.264 e. The minimum absolute atomic E-state index is 0.0894. The summed E-state index contributed by atoms with van der Waals surface area (Å²) in [6.45, 7) is 8.88. The van der Waals surface area contributed by atoms with E-state index in [4.69, 9.17) is 4.74 Å². The second-order valence-electron chi connectivity index (χ2n) is 10.3. The van der Waals surface area contributed by atoms with E-state index in [0.29, 0.717) is 12.4 Å². The Kier molecular flexibility index (Phi) is 9.92. The fourth-order valence-corrected chi connectivity index (χ4v) is 5.39. The molecule has 0 aliphatic rings. The number of benzene rings is 3. The Morgan fingerprint density at radius 1 is 0.950 bits per heavy atom. The van der Waals surface area contributed by atoms with Gasteiger partial charge < -0.3 is 15.0 Å². The van der Waals surface area contributed by atoms with Crippen LogP contribution in [0.25, 0.3) is 0 Å². The minimum atomic E-state index is -4.29. The highest BCUT2D eigenvalue weighted by Gasteiger charge is 2.33. The number of amides is 2. The Morgan fingerprint density at radius 3 is 2.10 bits per heavy atom. The topological polar surface area (TPSA) is 96.0 Å². The molecule has 8 nitrogen and oxygen atoms in total. The van der Waals surface area contributed by atoms with Gasteiger partial charge in [-0.2, -0.15) is 0 Å². The molecule has 40 heavy (non-hydrogen) atoms. The molecule has 0 aliphatic heterocycles. The van der Waals surface area contributed by atoms with Gasteiger partial charge in [0.2, 0.25) is 11.8 Å². The number of nitrogens with zero attached hydrogens (tertiary/aromatic N) is 2. The molecule has 0 saturated carbocycles. The maximum atomic E-state index is 13.9. The Balaban J connectivity index is 2.02. The van der Waals surface area contributed by atoms with Gasteiger partial charge in [-0.1, -0.05) is 30.3 Å². The van der Waals surface area contributed by atoms with Crippen LogP contribution in [0.4, 0.5) is 10.1 Å². The minimum Gasteiger partial charge on any atom is -0.494 e. The largest absolute Gasteiger partial charge is 0.494 e. The van der Waals surface area contributed by atoms with Crippen LogP contribution < -0.4 is 14.4 Å². The molecule has 3 aromatic carbocycles. The Labute approximate surface area is 235 Å². The van der Waals surface area contributed by atoms with E-state index < -0.39 is 39.9 Å². The monoisotopic (exact) mass is 569 g/mol. The van der Waals surface area contributed by atoms with Gasteiger partial charge in [-0.3, -0.25) is 13.9 Å². The van der Waals surface area contributed by atoms with Crippen molar-refractivity contribution in [1.82, 2.24) is 10.2 Å². The van der Waals surface area contributed by atoms with E-state index in [1.165, 1.54) is 17.0 Å². The van der Waals surface area contributed by atoms with Crippen molar-refractivity contribution in [2.45, 2.75) is 57.6 Å². The van der Waals surface area contributed by atoms with E-state index in [1.54, 1.807) is 19.1 Å². The summed E-state index contributed by atoms with van der Waals surface area (Å²) in [5.74, 6) is -1.00. The molecular weight excluding hydrogens is 533 g/mol. The highest BCUT2D eigenvalue weighted by Crippen LogP contribution is 2.27. The molecular formula is C30H36FN3O5S. The molecule has 0 spiro atoms. The number of anilines is 1. The first-order chi connectivity index (χ1) is 18.8. The second kappa shape index (κ2) is 13.0. The lowest BCUT2D eigenvalue weighted by atomic mass is 10.1. The number of hydrogen-bond acceptors (Lipinski definition) is 5. The fraction of sp³-hybridized carbons (Fsp3) is 0.333. The zero-order chi connectivity index (χ0) is 29.5. The fourth-order valence-electron chi connectivity index (χ4n) is 3.97. The number of hydrogen-bond donors (Lipinski definition) is 1. The average Bonchev–Trinajstić information content (AvgIpc) is 2.90. The summed E-state index contributed by atoms with van der Waals surface area (Å²) in [7, 11) is -4.29. The van der Waals surface area contributed by atoms with Gasteiger partial charge in [-0.15, -0.1) is 0 Å². The van der Waals surface area contributed by atoms with Crippen molar-refractivity contribution in [1.29, 1.82) is 0 Å². The third-order valence-electron chi connectivity index (χ3n) is 5.98. The summed E-state index contributed by atoms with van der Waals surface area (Å²) < 4.78 is 47.6. The standard InChI is InChI=1S/C30H36FN3O5S/c1-6-39-26-16-14-25(15-17-26)34(40(37,38)27-18-12-24(31)13-19-27)21-28(35)33(20-23-10-8-7-9-11-23)22(2)29(36)32-30(3,4)5/h7-19,22H,6,20-21H2,1-5H3,(H,32,36)/t22-/m0/s1. The van der Waals surface area contributed by atoms with Gasteiger partial charge in [0, 0.05) is 12.1 Å². The lowest BCUT2D eigenvalue weighted by molar-refractivity contribution is -0.140. The number of carbonyl (C=O) groups is 2. The van der Waals surface area contributed by atoms with Crippen LogP contribution >= 0.6 is 0 Å². The second-order valence-corrected chi connectivity index (χ2v) is 12.2. The normalized spacial score (nSPS) is 12.3. The lowest BCUT2D eigenvalue weighted by Crippen LogP contribution is -2.54. The average molecular weight is 570 g/mol. The van der Waals surface area contributed by atoms with Crippen molar-refractivity contribution in [3.05, 3.63) is 90.2 Å². The molecule has 214 valence electrons. The van der Waals surface area contributed by atoms with Crippen molar-refractivity contribution < 1.29 is 27.1 Å². The highest BCUT2D eigenvalue weighted by atomic mass is 32.2. The van der Waals surface area contributed by atoms with Crippen LogP contribution in [0.5, 0.6) is 5.75 Å². The number of carbonyl (C=O) groups excluding carboxylic acids is 2. The number of rotatable bonds is 11. The van der Waals surface area contributed by atoms with Gasteiger partial charge in [0.15, 0.2) is 0 Å². The van der Waals surface area contributed by atoms with Crippen LogP contribution in [0, 0.1) is 5.82 Å². The van der Waals surface area contributed by atoms with Crippen molar-refractivity contribution in [3.63, 3.8) is 0 Å². The summed E-state index contributed by atoms with van der Waals surface area (Å²) in [6, 6.07) is 18.9. The summed E-state index contributed by atoms with van der Waals surface area (Å²) in [6.07, 6.45) is 0. The Bertz CT molecular complexity index is 1390. The van der Waals surface area contributed by atoms with Crippen LogP contribution in [-0.2, 0) is 26.2 Å². The molecule has 10 heteroatoms. The van der Waals surface area contributed by atoms with E-state index in [1.807, 2.05) is 58.0 Å². The van der Waals surface area contributed by atoms with Gasteiger partial charge in [0.1, 0.15) is 24.2 Å². The van der Waals surface area contributed by atoms with Gasteiger partial charge in [0.05, 0.1) is 17.2 Å². The third-order valence-corrected chi connectivity index (χ3v) is 7.77. The third kappa shape index (κ3) is 8.05. The molecule has 1 N–H and O–H groups in total. The zero-order valence-electron chi connectivity index (χ0n) is 23.4. The van der Waals surface area contributed by atoms with Gasteiger partial charge >= 0.3 is 0 Å².